The fraction of sp³-hybridized carbons (Fsp3) is 0.429. The third kappa shape index (κ3) is 8.48. The summed E-state index contributed by atoms with van der Waals surface area (Å²) >= 11 is 0. The van der Waals surface area contributed by atoms with E-state index in [1.807, 2.05) is 65.0 Å². The number of carbonyl (C=O) groups excluding carboxylic acids is 4. The van der Waals surface area contributed by atoms with Crippen LogP contribution in [-0.2, 0) is 19.1 Å². The first-order valence-corrected chi connectivity index (χ1v) is 19.2. The molecule has 4 N–H and O–H groups in total. The van der Waals surface area contributed by atoms with Crippen LogP contribution in [0.3, 0.4) is 0 Å². The van der Waals surface area contributed by atoms with E-state index in [0.29, 0.717) is 25.3 Å². The largest absolute Gasteiger partial charge is 0.453 e. The molecule has 0 saturated carbocycles. The van der Waals surface area contributed by atoms with E-state index in [1.54, 1.807) is 22.2 Å². The molecule has 296 valence electrons. The molecule has 2 saturated heterocycles. The molecule has 0 spiro atoms. The average Bonchev–Trinajstić information content (AvgIpc) is 4.04. The van der Waals surface area contributed by atoms with Gasteiger partial charge in [0.2, 0.25) is 11.8 Å². The lowest BCUT2D eigenvalue weighted by molar-refractivity contribution is -0.136. The van der Waals surface area contributed by atoms with Crippen LogP contribution in [0.25, 0.3) is 33.6 Å². The minimum atomic E-state index is -0.726. The fourth-order valence-corrected chi connectivity index (χ4v) is 7.50. The number of benzene rings is 2. The van der Waals surface area contributed by atoms with Crippen molar-refractivity contribution < 1.29 is 28.7 Å². The molecule has 4 heterocycles. The Hall–Kier alpha value is -5.92. The van der Waals surface area contributed by atoms with Crippen LogP contribution in [0, 0.1) is 11.8 Å². The topological polar surface area (TPSA) is 175 Å². The second kappa shape index (κ2) is 17.3. The number of imidazole rings is 2. The number of allylic oxidation sites excluding steroid dienone is 1. The summed E-state index contributed by atoms with van der Waals surface area (Å²) in [5, 5.41) is 5.40. The summed E-state index contributed by atoms with van der Waals surface area (Å²) in [7, 11) is 2.57. The number of aromatic amines is 2. The average molecular weight is 765 g/mol. The van der Waals surface area contributed by atoms with Gasteiger partial charge in [-0.05, 0) is 60.3 Å². The zero-order valence-corrected chi connectivity index (χ0v) is 33.1. The van der Waals surface area contributed by atoms with E-state index in [9.17, 15) is 19.2 Å². The molecule has 2 unspecified atom stereocenters. The summed E-state index contributed by atoms with van der Waals surface area (Å²) in [5.74, 6) is 0.854. The fourth-order valence-electron chi connectivity index (χ4n) is 7.50. The quantitative estimate of drug-likeness (QED) is 0.121. The van der Waals surface area contributed by atoms with E-state index in [2.05, 4.69) is 49.9 Å². The van der Waals surface area contributed by atoms with Crippen molar-refractivity contribution in [1.82, 2.24) is 40.4 Å². The third-order valence-corrected chi connectivity index (χ3v) is 10.8. The van der Waals surface area contributed by atoms with Gasteiger partial charge in [-0.3, -0.25) is 9.59 Å². The number of nitrogens with zero attached hydrogens (tertiary/aromatic N) is 4. The number of likely N-dealkylation sites (tertiary alicyclic amines) is 2. The van der Waals surface area contributed by atoms with Crippen LogP contribution in [0.1, 0.15) is 77.6 Å². The minimum Gasteiger partial charge on any atom is -0.453 e. The molecule has 56 heavy (non-hydrogen) atoms. The lowest BCUT2D eigenvalue weighted by Gasteiger charge is -2.30. The molecule has 4 amide bonds. The molecule has 2 aromatic carbocycles. The summed E-state index contributed by atoms with van der Waals surface area (Å²) in [4.78, 5) is 71.1. The summed E-state index contributed by atoms with van der Waals surface area (Å²) in [6.45, 7) is 10.6. The molecule has 14 nitrogen and oxygen atoms in total. The lowest BCUT2D eigenvalue weighted by Crippen LogP contribution is -2.51. The highest BCUT2D eigenvalue weighted by molar-refractivity contribution is 5.87. The van der Waals surface area contributed by atoms with E-state index < -0.39 is 24.3 Å². The molecule has 0 bridgehead atoms. The van der Waals surface area contributed by atoms with E-state index in [-0.39, 0.29) is 35.7 Å². The Bertz CT molecular complexity index is 2050. The molecular formula is C42H52N8O6. The Morgan fingerprint density at radius 3 is 1.61 bits per heavy atom. The SMILES string of the molecule is C/C=C1\C[C@@H](c2ncc(-c3ccc(-c4ccc(-c5cnc([C@@H]6CCCN6C(=O)C(NC(=O)OC)C(C)C)[nH]5)cc4)cc3)[nH]2)N(C(=O)C(NC(=O)OC)C(C)C)C1. The Kier molecular flexibility index (Phi) is 12.3. The third-order valence-electron chi connectivity index (χ3n) is 10.8. The number of aromatic nitrogens is 4. The lowest BCUT2D eigenvalue weighted by atomic mass is 10.0. The first-order chi connectivity index (χ1) is 26.9. The van der Waals surface area contributed by atoms with Crippen molar-refractivity contribution in [2.45, 2.75) is 78.0 Å². The Morgan fingerprint density at radius 2 is 1.16 bits per heavy atom. The molecule has 2 aliphatic heterocycles. The highest BCUT2D eigenvalue weighted by Crippen LogP contribution is 2.37. The summed E-state index contributed by atoms with van der Waals surface area (Å²) in [6.07, 6.45) is 6.64. The molecule has 6 rings (SSSR count). The number of amides is 4. The van der Waals surface area contributed by atoms with Crippen LogP contribution in [0.15, 0.2) is 72.6 Å². The molecule has 4 aromatic rings. The maximum Gasteiger partial charge on any atom is 0.407 e. The van der Waals surface area contributed by atoms with Crippen molar-refractivity contribution >= 4 is 24.0 Å². The van der Waals surface area contributed by atoms with Gasteiger partial charge >= 0.3 is 12.2 Å². The number of hydrogen-bond donors (Lipinski definition) is 4. The molecule has 2 fully saturated rings. The number of H-pyrrole nitrogens is 2. The van der Waals surface area contributed by atoms with Gasteiger partial charge < -0.3 is 39.9 Å². The van der Waals surface area contributed by atoms with Gasteiger partial charge in [0.25, 0.3) is 0 Å². The second-order valence-corrected chi connectivity index (χ2v) is 15.1. The Labute approximate surface area is 327 Å². The normalized spacial score (nSPS) is 18.7. The van der Waals surface area contributed by atoms with E-state index in [1.165, 1.54) is 14.2 Å². The number of methoxy groups -OCH3 is 2. The van der Waals surface area contributed by atoms with Gasteiger partial charge in [-0.2, -0.15) is 0 Å². The van der Waals surface area contributed by atoms with Crippen LogP contribution < -0.4 is 10.6 Å². The van der Waals surface area contributed by atoms with Crippen molar-refractivity contribution in [2.75, 3.05) is 27.3 Å². The van der Waals surface area contributed by atoms with Gasteiger partial charge in [0, 0.05) is 13.1 Å². The number of carbonyl (C=O) groups is 4. The highest BCUT2D eigenvalue weighted by Gasteiger charge is 2.40. The predicted octanol–water partition coefficient (Wildman–Crippen LogP) is 6.78. The molecule has 0 aliphatic carbocycles. The summed E-state index contributed by atoms with van der Waals surface area (Å²) < 4.78 is 9.54. The number of nitrogens with one attached hydrogen (secondary N) is 4. The van der Waals surface area contributed by atoms with Crippen LogP contribution >= 0.6 is 0 Å². The Morgan fingerprint density at radius 1 is 0.714 bits per heavy atom. The zero-order chi connectivity index (χ0) is 40.1. The van der Waals surface area contributed by atoms with E-state index in [0.717, 1.165) is 57.9 Å². The number of rotatable bonds is 11. The van der Waals surface area contributed by atoms with Gasteiger partial charge in [0.15, 0.2) is 0 Å². The first kappa shape index (κ1) is 39.8. The maximum atomic E-state index is 13.8. The van der Waals surface area contributed by atoms with E-state index in [4.69, 9.17) is 14.5 Å². The van der Waals surface area contributed by atoms with Crippen LogP contribution in [0.5, 0.6) is 0 Å². The number of hydrogen-bond acceptors (Lipinski definition) is 8. The minimum absolute atomic E-state index is 0.107. The van der Waals surface area contributed by atoms with Gasteiger partial charge in [-0.15, -0.1) is 0 Å². The zero-order valence-electron chi connectivity index (χ0n) is 33.1. The van der Waals surface area contributed by atoms with Crippen molar-refractivity contribution in [3.63, 3.8) is 0 Å². The van der Waals surface area contributed by atoms with Crippen LogP contribution in [-0.4, -0.2) is 93.1 Å². The first-order valence-electron chi connectivity index (χ1n) is 19.2. The summed E-state index contributed by atoms with van der Waals surface area (Å²) in [6, 6.07) is 14.5. The van der Waals surface area contributed by atoms with Gasteiger partial charge in [-0.1, -0.05) is 87.9 Å². The van der Waals surface area contributed by atoms with Crippen molar-refractivity contribution in [3.8, 4) is 33.6 Å². The van der Waals surface area contributed by atoms with Crippen molar-refractivity contribution in [1.29, 1.82) is 0 Å². The molecule has 0 radical (unpaired) electrons. The molecular weight excluding hydrogens is 713 g/mol. The van der Waals surface area contributed by atoms with E-state index >= 15 is 0 Å². The maximum absolute atomic E-state index is 13.8. The Balaban J connectivity index is 1.13. The number of ether oxygens (including phenoxy) is 2. The van der Waals surface area contributed by atoms with Crippen molar-refractivity contribution in [2.24, 2.45) is 11.8 Å². The van der Waals surface area contributed by atoms with Crippen LogP contribution in [0.4, 0.5) is 9.59 Å². The molecule has 14 heteroatoms. The van der Waals surface area contributed by atoms with Crippen LogP contribution in [0.2, 0.25) is 0 Å². The molecule has 2 aliphatic rings. The smallest absolute Gasteiger partial charge is 0.407 e. The second-order valence-electron chi connectivity index (χ2n) is 15.1. The van der Waals surface area contributed by atoms with Gasteiger partial charge in [-0.25, -0.2) is 19.6 Å². The number of alkyl carbamates (subject to hydrolysis) is 2. The highest BCUT2D eigenvalue weighted by atomic mass is 16.5. The summed E-state index contributed by atoms with van der Waals surface area (Å²) in [5.41, 5.74) is 6.86. The van der Waals surface area contributed by atoms with Crippen molar-refractivity contribution in [3.05, 3.63) is 84.2 Å². The van der Waals surface area contributed by atoms with Gasteiger partial charge in [0.1, 0.15) is 23.7 Å². The predicted molar refractivity (Wildman–Crippen MR) is 212 cm³/mol. The monoisotopic (exact) mass is 764 g/mol. The molecule has 2 aromatic heterocycles. The standard InChI is InChI=1S/C42H52N8O6/c1-8-26-20-34(50(23-26)40(52)36(25(4)5)48-42(54)56-7)38-44-22-32(46-38)30-17-13-28(14-18-30)27-11-15-29(16-12-27)31-21-43-37(45-31)33-10-9-19-49(33)39(51)35(24(2)3)47-41(53)55-6/h8,11-18,21-22,24-25,33-36H,9-10,19-20,23H2,1-7H3,(H,43,45)(H,44,46)(H,47,53)(H,48,54)/b26-8+/t33-,34-,35?,36?/m0/s1. The molecule has 4 atom stereocenters. The van der Waals surface area contributed by atoms with Gasteiger partial charge in [0.05, 0.1) is 50.1 Å².